The second kappa shape index (κ2) is 8.30. The second-order valence-electron chi connectivity index (χ2n) is 5.20. The van der Waals surface area contributed by atoms with Gasteiger partial charge >= 0.3 is 6.03 Å². The Kier molecular flexibility index (Phi) is 5.64. The first kappa shape index (κ1) is 17.7. The summed E-state index contributed by atoms with van der Waals surface area (Å²) in [7, 11) is 1.81. The third-order valence-electron chi connectivity index (χ3n) is 3.36. The Labute approximate surface area is 153 Å². The van der Waals surface area contributed by atoms with Crippen LogP contribution in [-0.4, -0.2) is 37.4 Å². The van der Waals surface area contributed by atoms with Crippen molar-refractivity contribution >= 4 is 23.7 Å². The third kappa shape index (κ3) is 4.48. The molecule has 0 saturated heterocycles. The first-order valence-electron chi connectivity index (χ1n) is 7.66. The minimum atomic E-state index is -0.581. The molecule has 0 fully saturated rings. The number of hydrogen-bond donors (Lipinski definition) is 2. The minimum Gasteiger partial charge on any atom is -0.467 e. The molecule has 2 N–H and O–H groups in total. The summed E-state index contributed by atoms with van der Waals surface area (Å²) in [6.07, 6.45) is 4.86. The van der Waals surface area contributed by atoms with Crippen molar-refractivity contribution in [1.82, 2.24) is 30.4 Å². The summed E-state index contributed by atoms with van der Waals surface area (Å²) in [4.78, 5) is 27.5. The van der Waals surface area contributed by atoms with Crippen molar-refractivity contribution in [3.63, 3.8) is 0 Å². The lowest BCUT2D eigenvalue weighted by molar-refractivity contribution is -0.117. The minimum absolute atomic E-state index is 0.0382. The predicted octanol–water partition coefficient (Wildman–Crippen LogP) is 1.59. The summed E-state index contributed by atoms with van der Waals surface area (Å²) in [6, 6.07) is 6.52. The molecule has 3 heterocycles. The van der Waals surface area contributed by atoms with Crippen LogP contribution in [0.2, 0.25) is 0 Å². The molecule has 3 aromatic heterocycles. The summed E-state index contributed by atoms with van der Waals surface area (Å²) in [5.74, 6) is 0.882. The van der Waals surface area contributed by atoms with Crippen LogP contribution in [0.1, 0.15) is 5.76 Å². The van der Waals surface area contributed by atoms with Crippen molar-refractivity contribution in [2.24, 2.45) is 7.05 Å². The number of nitrogens with zero attached hydrogens (tertiary/aromatic N) is 4. The fourth-order valence-electron chi connectivity index (χ4n) is 2.11. The van der Waals surface area contributed by atoms with Crippen LogP contribution in [0.4, 0.5) is 4.79 Å². The van der Waals surface area contributed by atoms with Crippen LogP contribution < -0.4 is 10.6 Å². The van der Waals surface area contributed by atoms with E-state index in [2.05, 4.69) is 25.8 Å². The van der Waals surface area contributed by atoms with Crippen LogP contribution in [0.25, 0.3) is 11.4 Å². The molecule has 0 aliphatic heterocycles. The quantitative estimate of drug-likeness (QED) is 0.631. The largest absolute Gasteiger partial charge is 0.467 e. The van der Waals surface area contributed by atoms with E-state index in [9.17, 15) is 9.59 Å². The van der Waals surface area contributed by atoms with Crippen molar-refractivity contribution in [1.29, 1.82) is 0 Å². The number of thioether (sulfide) groups is 1. The molecule has 0 aromatic carbocycles. The lowest BCUT2D eigenvalue weighted by Gasteiger charge is -2.06. The van der Waals surface area contributed by atoms with Crippen LogP contribution in [0, 0.1) is 0 Å². The summed E-state index contributed by atoms with van der Waals surface area (Å²) in [5.41, 5.74) is 0.878. The number of carbonyl (C=O) groups excluding carboxylic acids is 2. The van der Waals surface area contributed by atoms with Crippen molar-refractivity contribution < 1.29 is 14.0 Å². The van der Waals surface area contributed by atoms with Crippen LogP contribution in [0.5, 0.6) is 0 Å². The summed E-state index contributed by atoms with van der Waals surface area (Å²) in [5, 5.41) is 13.6. The highest BCUT2D eigenvalue weighted by Gasteiger charge is 2.14. The maximum Gasteiger partial charge on any atom is 0.321 e. The molecule has 0 aliphatic rings. The molecule has 0 spiro atoms. The van der Waals surface area contributed by atoms with Crippen LogP contribution in [0.3, 0.4) is 0 Å². The van der Waals surface area contributed by atoms with Gasteiger partial charge in [-0.15, -0.1) is 10.2 Å². The molecule has 9 nitrogen and oxygen atoms in total. The number of hydrogen-bond acceptors (Lipinski definition) is 7. The van der Waals surface area contributed by atoms with Gasteiger partial charge in [0.2, 0.25) is 5.91 Å². The van der Waals surface area contributed by atoms with Gasteiger partial charge in [-0.05, 0) is 24.3 Å². The number of carbonyl (C=O) groups is 2. The van der Waals surface area contributed by atoms with Gasteiger partial charge in [0.05, 0.1) is 18.6 Å². The highest BCUT2D eigenvalue weighted by molar-refractivity contribution is 7.99. The maximum absolute atomic E-state index is 11.9. The van der Waals surface area contributed by atoms with E-state index in [0.717, 1.165) is 5.56 Å². The number of pyridine rings is 1. The molecule has 10 heteroatoms. The van der Waals surface area contributed by atoms with Crippen molar-refractivity contribution in [3.8, 4) is 11.4 Å². The molecule has 26 heavy (non-hydrogen) atoms. The smallest absolute Gasteiger partial charge is 0.321 e. The lowest BCUT2D eigenvalue weighted by Crippen LogP contribution is -2.39. The molecular formula is C16H16N6O3S. The van der Waals surface area contributed by atoms with Crippen molar-refractivity contribution in [3.05, 3.63) is 48.7 Å². The van der Waals surface area contributed by atoms with Gasteiger partial charge in [0, 0.05) is 25.0 Å². The Morgan fingerprint density at radius 3 is 2.77 bits per heavy atom. The summed E-state index contributed by atoms with van der Waals surface area (Å²) < 4.78 is 6.87. The van der Waals surface area contributed by atoms with Crippen molar-refractivity contribution in [2.75, 3.05) is 5.75 Å². The van der Waals surface area contributed by atoms with E-state index in [0.29, 0.717) is 16.7 Å². The maximum atomic E-state index is 11.9. The topological polar surface area (TPSA) is 115 Å². The molecule has 0 bridgehead atoms. The molecular weight excluding hydrogens is 356 g/mol. The summed E-state index contributed by atoms with van der Waals surface area (Å²) >= 11 is 1.19. The van der Waals surface area contributed by atoms with E-state index >= 15 is 0 Å². The van der Waals surface area contributed by atoms with Crippen LogP contribution in [0.15, 0.2) is 52.5 Å². The fourth-order valence-corrected chi connectivity index (χ4v) is 2.82. The number of furan rings is 1. The van der Waals surface area contributed by atoms with Gasteiger partial charge in [0.15, 0.2) is 11.0 Å². The van der Waals surface area contributed by atoms with E-state index in [-0.39, 0.29) is 12.3 Å². The molecule has 3 amide bonds. The summed E-state index contributed by atoms with van der Waals surface area (Å²) in [6.45, 7) is 0.206. The molecule has 134 valence electrons. The van der Waals surface area contributed by atoms with Gasteiger partial charge in [-0.1, -0.05) is 11.8 Å². The molecule has 3 rings (SSSR count). The Bertz CT molecular complexity index is 879. The number of nitrogens with one attached hydrogen (secondary N) is 2. The standard InChI is InChI=1S/C16H16N6O3S/c1-22-14(11-4-6-17-7-5-11)20-21-16(22)26-10-13(23)19-15(24)18-9-12-3-2-8-25-12/h2-8H,9-10H2,1H3,(H2,18,19,23,24). The molecule has 3 aromatic rings. The number of rotatable bonds is 6. The van der Waals surface area contributed by atoms with Gasteiger partial charge in [0.1, 0.15) is 5.76 Å². The molecule has 0 unspecified atom stereocenters. The zero-order valence-corrected chi connectivity index (χ0v) is 14.7. The first-order chi connectivity index (χ1) is 12.6. The van der Waals surface area contributed by atoms with E-state index in [4.69, 9.17) is 4.42 Å². The van der Waals surface area contributed by atoms with E-state index in [1.807, 2.05) is 19.2 Å². The highest BCUT2D eigenvalue weighted by Crippen LogP contribution is 2.21. The van der Waals surface area contributed by atoms with Gasteiger partial charge in [-0.2, -0.15) is 0 Å². The zero-order chi connectivity index (χ0) is 18.4. The van der Waals surface area contributed by atoms with Crippen LogP contribution >= 0.6 is 11.8 Å². The van der Waals surface area contributed by atoms with E-state index < -0.39 is 11.9 Å². The van der Waals surface area contributed by atoms with E-state index in [1.165, 1.54) is 18.0 Å². The monoisotopic (exact) mass is 372 g/mol. The highest BCUT2D eigenvalue weighted by atomic mass is 32.2. The SMILES string of the molecule is Cn1c(SCC(=O)NC(=O)NCc2ccco2)nnc1-c1ccncc1. The second-order valence-corrected chi connectivity index (χ2v) is 6.14. The number of imide groups is 1. The first-order valence-corrected chi connectivity index (χ1v) is 8.64. The molecule has 0 atom stereocenters. The van der Waals surface area contributed by atoms with Gasteiger partial charge in [0.25, 0.3) is 0 Å². The van der Waals surface area contributed by atoms with Crippen molar-refractivity contribution in [2.45, 2.75) is 11.7 Å². The van der Waals surface area contributed by atoms with Gasteiger partial charge < -0.3 is 14.3 Å². The number of urea groups is 1. The lowest BCUT2D eigenvalue weighted by atomic mass is 10.2. The van der Waals surface area contributed by atoms with Crippen LogP contribution in [-0.2, 0) is 18.4 Å². The van der Waals surface area contributed by atoms with E-state index in [1.54, 1.807) is 29.1 Å². The Balaban J connectivity index is 1.49. The Morgan fingerprint density at radius 1 is 1.23 bits per heavy atom. The average molecular weight is 372 g/mol. The Hall–Kier alpha value is -3.14. The number of amides is 3. The molecule has 0 saturated carbocycles. The number of aromatic nitrogens is 4. The molecule has 0 aliphatic carbocycles. The predicted molar refractivity (Wildman–Crippen MR) is 94.0 cm³/mol. The normalized spacial score (nSPS) is 10.5. The third-order valence-corrected chi connectivity index (χ3v) is 4.38. The molecule has 0 radical (unpaired) electrons. The zero-order valence-electron chi connectivity index (χ0n) is 13.9. The van der Waals surface area contributed by atoms with Gasteiger partial charge in [-0.3, -0.25) is 15.1 Å². The fraction of sp³-hybridized carbons (Fsp3) is 0.188. The Morgan fingerprint density at radius 2 is 2.04 bits per heavy atom. The average Bonchev–Trinajstić information content (AvgIpc) is 3.29. The van der Waals surface area contributed by atoms with Gasteiger partial charge in [-0.25, -0.2) is 4.79 Å².